The summed E-state index contributed by atoms with van der Waals surface area (Å²) < 4.78 is 1.63. The van der Waals surface area contributed by atoms with Gasteiger partial charge in [0.25, 0.3) is 0 Å². The maximum absolute atomic E-state index is 10.8. The highest BCUT2D eigenvalue weighted by atomic mass is 16.3. The van der Waals surface area contributed by atoms with Gasteiger partial charge in [0, 0.05) is 11.1 Å². The van der Waals surface area contributed by atoms with E-state index in [1.807, 2.05) is 36.4 Å². The van der Waals surface area contributed by atoms with E-state index in [1.165, 1.54) is 0 Å². The summed E-state index contributed by atoms with van der Waals surface area (Å²) in [6.45, 7) is 12.6. The molecule has 0 spiro atoms. The van der Waals surface area contributed by atoms with Crippen LogP contribution in [0.5, 0.6) is 5.75 Å². The zero-order valence-electron chi connectivity index (χ0n) is 16.9. The first kappa shape index (κ1) is 19.0. The number of nitrogens with zero attached hydrogens (tertiary/aromatic N) is 3. The smallest absolute Gasteiger partial charge is 0.222 e. The number of hydrogen-bond acceptors (Lipinski definition) is 4. The number of fused-ring (bicyclic) bond motifs is 1. The molecule has 2 aromatic carbocycles. The van der Waals surface area contributed by atoms with Crippen molar-refractivity contribution in [1.82, 2.24) is 9.66 Å². The normalized spacial score (nSPS) is 13.0. The number of phenols is 1. The fourth-order valence-electron chi connectivity index (χ4n) is 3.15. The van der Waals surface area contributed by atoms with E-state index in [1.54, 1.807) is 10.9 Å². The molecule has 0 saturated heterocycles. The number of phenolic OH excluding ortho intramolecular Hbond substituents is 1. The summed E-state index contributed by atoms with van der Waals surface area (Å²) in [5.41, 5.74) is 10.1. The molecular formula is C22H28N4O. The van der Waals surface area contributed by atoms with Crippen LogP contribution in [-0.4, -0.2) is 21.0 Å². The van der Waals surface area contributed by atoms with Gasteiger partial charge in [0.1, 0.15) is 5.75 Å². The van der Waals surface area contributed by atoms with Gasteiger partial charge in [-0.15, -0.1) is 0 Å². The maximum atomic E-state index is 10.8. The van der Waals surface area contributed by atoms with E-state index >= 15 is 0 Å². The summed E-state index contributed by atoms with van der Waals surface area (Å²) >= 11 is 0. The zero-order chi connectivity index (χ0) is 20.0. The Hall–Kier alpha value is -2.82. The Kier molecular flexibility index (Phi) is 4.50. The summed E-state index contributed by atoms with van der Waals surface area (Å²) in [6.07, 6.45) is 1.77. The molecule has 3 rings (SSSR count). The summed E-state index contributed by atoms with van der Waals surface area (Å²) in [7, 11) is 0. The zero-order valence-corrected chi connectivity index (χ0v) is 16.9. The van der Waals surface area contributed by atoms with Crippen LogP contribution in [0.15, 0.2) is 41.5 Å². The number of para-hydroxylation sites is 2. The van der Waals surface area contributed by atoms with Crippen LogP contribution in [-0.2, 0) is 10.8 Å². The molecule has 0 atom stereocenters. The lowest BCUT2D eigenvalue weighted by Gasteiger charge is -2.27. The van der Waals surface area contributed by atoms with Gasteiger partial charge in [-0.05, 0) is 40.7 Å². The van der Waals surface area contributed by atoms with Gasteiger partial charge in [-0.3, -0.25) is 0 Å². The lowest BCUT2D eigenvalue weighted by Crippen LogP contribution is -2.18. The van der Waals surface area contributed by atoms with Gasteiger partial charge in [0.2, 0.25) is 5.95 Å². The van der Waals surface area contributed by atoms with Gasteiger partial charge in [-0.1, -0.05) is 53.7 Å². The van der Waals surface area contributed by atoms with E-state index in [2.05, 4.69) is 51.6 Å². The molecule has 1 heterocycles. The van der Waals surface area contributed by atoms with Crippen LogP contribution in [0.25, 0.3) is 11.0 Å². The first-order chi connectivity index (χ1) is 12.5. The Morgan fingerprint density at radius 1 is 1.00 bits per heavy atom. The number of hydrogen-bond donors (Lipinski definition) is 2. The predicted molar refractivity (Wildman–Crippen MR) is 113 cm³/mol. The monoisotopic (exact) mass is 364 g/mol. The first-order valence-electron chi connectivity index (χ1n) is 9.14. The average molecular weight is 364 g/mol. The van der Waals surface area contributed by atoms with Crippen molar-refractivity contribution in [1.29, 1.82) is 0 Å². The highest BCUT2D eigenvalue weighted by molar-refractivity contribution is 5.83. The van der Waals surface area contributed by atoms with Crippen LogP contribution in [0.1, 0.15) is 58.2 Å². The molecule has 27 heavy (non-hydrogen) atoms. The third-order valence-corrected chi connectivity index (χ3v) is 4.63. The van der Waals surface area contributed by atoms with Gasteiger partial charge in [-0.25, -0.2) is 4.98 Å². The second kappa shape index (κ2) is 6.41. The Bertz CT molecular complexity index is 982. The van der Waals surface area contributed by atoms with Gasteiger partial charge in [-0.2, -0.15) is 9.78 Å². The number of nitrogens with two attached hydrogens (primary N) is 1. The van der Waals surface area contributed by atoms with Crippen molar-refractivity contribution in [2.45, 2.75) is 52.4 Å². The number of nitrogen functional groups attached to an aromatic ring is 1. The molecule has 3 aromatic rings. The van der Waals surface area contributed by atoms with Gasteiger partial charge in [0.05, 0.1) is 17.2 Å². The molecule has 0 saturated carbocycles. The second-order valence-electron chi connectivity index (χ2n) is 8.98. The number of aromatic nitrogens is 2. The Balaban J connectivity index is 2.14. The first-order valence-corrected chi connectivity index (χ1v) is 9.14. The van der Waals surface area contributed by atoms with Crippen molar-refractivity contribution in [3.05, 3.63) is 53.1 Å². The molecule has 1 aromatic heterocycles. The minimum atomic E-state index is -0.186. The molecule has 3 N–H and O–H groups in total. The number of rotatable bonds is 2. The number of anilines is 1. The molecule has 0 aliphatic carbocycles. The van der Waals surface area contributed by atoms with Gasteiger partial charge >= 0.3 is 0 Å². The van der Waals surface area contributed by atoms with Crippen molar-refractivity contribution in [3.8, 4) is 5.75 Å². The van der Waals surface area contributed by atoms with Crippen molar-refractivity contribution >= 4 is 23.2 Å². The van der Waals surface area contributed by atoms with Crippen molar-refractivity contribution < 1.29 is 5.11 Å². The summed E-state index contributed by atoms with van der Waals surface area (Å²) in [6, 6.07) is 11.7. The minimum absolute atomic E-state index is 0.186. The molecule has 5 heteroatoms. The highest BCUT2D eigenvalue weighted by Gasteiger charge is 2.26. The fourth-order valence-corrected chi connectivity index (χ4v) is 3.15. The van der Waals surface area contributed by atoms with Crippen LogP contribution in [0, 0.1) is 0 Å². The van der Waals surface area contributed by atoms with Gasteiger partial charge < -0.3 is 10.8 Å². The molecule has 0 bridgehead atoms. The van der Waals surface area contributed by atoms with Crippen molar-refractivity contribution in [2.24, 2.45) is 5.10 Å². The van der Waals surface area contributed by atoms with Crippen molar-refractivity contribution in [2.75, 3.05) is 5.73 Å². The topological polar surface area (TPSA) is 76.4 Å². The van der Waals surface area contributed by atoms with E-state index in [0.717, 1.165) is 27.7 Å². The highest BCUT2D eigenvalue weighted by Crippen LogP contribution is 2.39. The standard InChI is InChI=1S/C22H28N4O/c1-21(2,3)15-11-14(12-16(19(15)27)22(4,5)6)13-24-26-18-10-8-7-9-17(18)25-20(26)23/h7-13,27H,1-6H3,(H2,23,25)/b24-13+. The number of imidazole rings is 1. The van der Waals surface area contributed by atoms with E-state index in [9.17, 15) is 5.11 Å². The predicted octanol–water partition coefficient (Wildman–Crippen LogP) is 4.80. The van der Waals surface area contributed by atoms with Crippen molar-refractivity contribution in [3.63, 3.8) is 0 Å². The maximum Gasteiger partial charge on any atom is 0.222 e. The third kappa shape index (κ3) is 3.68. The molecule has 0 aliphatic rings. The lowest BCUT2D eigenvalue weighted by molar-refractivity contribution is 0.423. The lowest BCUT2D eigenvalue weighted by atomic mass is 9.78. The molecule has 142 valence electrons. The largest absolute Gasteiger partial charge is 0.507 e. The SMILES string of the molecule is CC(C)(C)c1cc(/C=N/n2c(N)nc3ccccc32)cc(C(C)(C)C)c1O. The molecule has 0 fully saturated rings. The molecule has 5 nitrogen and oxygen atoms in total. The summed E-state index contributed by atoms with van der Waals surface area (Å²) in [4.78, 5) is 4.34. The van der Waals surface area contributed by atoms with E-state index < -0.39 is 0 Å². The molecule has 0 radical (unpaired) electrons. The van der Waals surface area contributed by atoms with E-state index in [4.69, 9.17) is 5.73 Å². The van der Waals surface area contributed by atoms with Crippen LogP contribution in [0.4, 0.5) is 5.95 Å². The fraction of sp³-hybridized carbons (Fsp3) is 0.364. The van der Waals surface area contributed by atoms with Crippen LogP contribution in [0.3, 0.4) is 0 Å². The molecular weight excluding hydrogens is 336 g/mol. The molecule has 0 unspecified atom stereocenters. The second-order valence-corrected chi connectivity index (χ2v) is 8.98. The Labute approximate surface area is 160 Å². The van der Waals surface area contributed by atoms with Gasteiger partial charge in [0.15, 0.2) is 0 Å². The van der Waals surface area contributed by atoms with Crippen LogP contribution >= 0.6 is 0 Å². The molecule has 0 amide bonds. The van der Waals surface area contributed by atoms with E-state index in [-0.39, 0.29) is 10.8 Å². The molecule has 0 aliphatic heterocycles. The number of aromatic hydroxyl groups is 1. The summed E-state index contributed by atoms with van der Waals surface area (Å²) in [5, 5.41) is 15.4. The quantitative estimate of drug-likeness (QED) is 0.641. The minimum Gasteiger partial charge on any atom is -0.507 e. The Morgan fingerprint density at radius 3 is 2.11 bits per heavy atom. The summed E-state index contributed by atoms with van der Waals surface area (Å²) in [5.74, 6) is 0.707. The third-order valence-electron chi connectivity index (χ3n) is 4.63. The van der Waals surface area contributed by atoms with Crippen LogP contribution in [0.2, 0.25) is 0 Å². The average Bonchev–Trinajstić information content (AvgIpc) is 2.87. The van der Waals surface area contributed by atoms with Crippen LogP contribution < -0.4 is 5.73 Å². The Morgan fingerprint density at radius 2 is 1.56 bits per heavy atom. The number of benzene rings is 2. The van der Waals surface area contributed by atoms with E-state index in [0.29, 0.717) is 11.7 Å².